The molecule has 1 N–H and O–H groups in total. The zero-order valence-electron chi connectivity index (χ0n) is 12.9. The van der Waals surface area contributed by atoms with Gasteiger partial charge in [0.15, 0.2) is 0 Å². The van der Waals surface area contributed by atoms with Gasteiger partial charge in [0.2, 0.25) is 0 Å². The molecule has 22 heavy (non-hydrogen) atoms. The first-order valence-electron chi connectivity index (χ1n) is 7.15. The smallest absolute Gasteiger partial charge is 0.260 e. The summed E-state index contributed by atoms with van der Waals surface area (Å²) in [4.78, 5) is 0. The van der Waals surface area contributed by atoms with E-state index in [4.69, 9.17) is 9.47 Å². The van der Waals surface area contributed by atoms with Crippen molar-refractivity contribution >= 4 is 0 Å². The molecular weight excluding hydrogens is 276 g/mol. The standard InChI is InChI=1S/C19H18O3/c1-18(2)15-9-5-6-10-16(15)19(20,22-18)13-12-14-8-4-7-11-17(14)21-3/h4-11,20H,1-3H3. The van der Waals surface area contributed by atoms with Crippen LogP contribution in [-0.4, -0.2) is 12.2 Å². The third-order valence-electron chi connectivity index (χ3n) is 3.82. The monoisotopic (exact) mass is 294 g/mol. The second-order valence-corrected chi connectivity index (χ2v) is 5.75. The molecule has 0 saturated heterocycles. The van der Waals surface area contributed by atoms with Gasteiger partial charge in [-0.1, -0.05) is 42.3 Å². The van der Waals surface area contributed by atoms with Crippen LogP contribution in [-0.2, 0) is 16.1 Å². The maximum absolute atomic E-state index is 10.9. The first kappa shape index (κ1) is 14.6. The fourth-order valence-electron chi connectivity index (χ4n) is 2.78. The van der Waals surface area contributed by atoms with Gasteiger partial charge in [-0.05, 0) is 37.5 Å². The largest absolute Gasteiger partial charge is 0.495 e. The van der Waals surface area contributed by atoms with Crippen molar-refractivity contribution in [1.29, 1.82) is 0 Å². The Labute approximate surface area is 130 Å². The Bertz CT molecular complexity index is 767. The average Bonchev–Trinajstić information content (AvgIpc) is 2.73. The summed E-state index contributed by atoms with van der Waals surface area (Å²) in [7, 11) is 1.60. The van der Waals surface area contributed by atoms with E-state index in [0.29, 0.717) is 16.9 Å². The van der Waals surface area contributed by atoms with Crippen molar-refractivity contribution in [2.24, 2.45) is 0 Å². The van der Waals surface area contributed by atoms with Crippen molar-refractivity contribution in [2.45, 2.75) is 25.2 Å². The number of ether oxygens (including phenoxy) is 2. The number of fused-ring (bicyclic) bond motifs is 1. The number of aliphatic hydroxyl groups is 1. The summed E-state index contributed by atoms with van der Waals surface area (Å²) in [6, 6.07) is 15.1. The van der Waals surface area contributed by atoms with Crippen molar-refractivity contribution in [3.05, 3.63) is 65.2 Å². The Morgan fingerprint density at radius 2 is 1.64 bits per heavy atom. The molecule has 2 aromatic rings. The predicted molar refractivity (Wildman–Crippen MR) is 84.3 cm³/mol. The zero-order valence-corrected chi connectivity index (χ0v) is 12.9. The van der Waals surface area contributed by atoms with Gasteiger partial charge in [-0.3, -0.25) is 0 Å². The Balaban J connectivity index is 2.06. The third kappa shape index (κ3) is 2.37. The maximum atomic E-state index is 10.9. The molecule has 0 aromatic heterocycles. The van der Waals surface area contributed by atoms with E-state index in [1.807, 2.05) is 62.4 Å². The molecule has 0 bridgehead atoms. The zero-order chi connectivity index (χ0) is 15.8. The summed E-state index contributed by atoms with van der Waals surface area (Å²) < 4.78 is 11.1. The second-order valence-electron chi connectivity index (χ2n) is 5.75. The minimum absolute atomic E-state index is 0.583. The molecular formula is C19H18O3. The molecule has 3 nitrogen and oxygen atoms in total. The molecule has 1 heterocycles. The van der Waals surface area contributed by atoms with E-state index in [2.05, 4.69) is 11.8 Å². The molecule has 0 amide bonds. The van der Waals surface area contributed by atoms with Crippen LogP contribution in [0.4, 0.5) is 0 Å². The van der Waals surface area contributed by atoms with Crippen molar-refractivity contribution in [3.8, 4) is 17.6 Å². The van der Waals surface area contributed by atoms with Gasteiger partial charge in [-0.2, -0.15) is 0 Å². The fourth-order valence-corrected chi connectivity index (χ4v) is 2.78. The van der Waals surface area contributed by atoms with Gasteiger partial charge in [0, 0.05) is 5.56 Å². The molecule has 0 saturated carbocycles. The molecule has 3 heteroatoms. The minimum atomic E-state index is -1.61. The molecule has 0 aliphatic carbocycles. The van der Waals surface area contributed by atoms with Gasteiger partial charge >= 0.3 is 0 Å². The maximum Gasteiger partial charge on any atom is 0.260 e. The molecule has 0 radical (unpaired) electrons. The van der Waals surface area contributed by atoms with Gasteiger partial charge in [-0.15, -0.1) is 0 Å². The number of methoxy groups -OCH3 is 1. The second kappa shape index (κ2) is 5.17. The van der Waals surface area contributed by atoms with Gasteiger partial charge in [0.1, 0.15) is 5.75 Å². The predicted octanol–water partition coefficient (Wildman–Crippen LogP) is 3.16. The Morgan fingerprint density at radius 1 is 1.00 bits per heavy atom. The first-order valence-corrected chi connectivity index (χ1v) is 7.15. The van der Waals surface area contributed by atoms with Crippen LogP contribution in [0.2, 0.25) is 0 Å². The van der Waals surface area contributed by atoms with Crippen molar-refractivity contribution in [2.75, 3.05) is 7.11 Å². The highest BCUT2D eigenvalue weighted by atomic mass is 16.6. The SMILES string of the molecule is COc1ccccc1C#CC1(O)OC(C)(C)c2ccccc21. The number of hydrogen-bond donors (Lipinski definition) is 1. The van der Waals surface area contributed by atoms with Crippen LogP contribution in [0.25, 0.3) is 0 Å². The topological polar surface area (TPSA) is 38.7 Å². The number of hydrogen-bond acceptors (Lipinski definition) is 3. The Morgan fingerprint density at radius 3 is 2.36 bits per heavy atom. The highest BCUT2D eigenvalue weighted by Crippen LogP contribution is 2.45. The molecule has 0 fully saturated rings. The van der Waals surface area contributed by atoms with Crippen molar-refractivity contribution in [3.63, 3.8) is 0 Å². The van der Waals surface area contributed by atoms with Crippen LogP contribution in [0.5, 0.6) is 5.75 Å². The summed E-state index contributed by atoms with van der Waals surface area (Å²) in [6.45, 7) is 3.85. The Kier molecular flexibility index (Phi) is 3.44. The van der Waals surface area contributed by atoms with Crippen LogP contribution in [0.3, 0.4) is 0 Å². The van der Waals surface area contributed by atoms with Gasteiger partial charge in [0.25, 0.3) is 5.79 Å². The Hall–Kier alpha value is -2.28. The van der Waals surface area contributed by atoms with E-state index in [1.54, 1.807) is 7.11 Å². The lowest BCUT2D eigenvalue weighted by atomic mass is 9.94. The quantitative estimate of drug-likeness (QED) is 0.821. The van der Waals surface area contributed by atoms with Crippen LogP contribution in [0, 0.1) is 11.8 Å². The molecule has 1 aliphatic heterocycles. The van der Waals surface area contributed by atoms with Crippen LogP contribution in [0.15, 0.2) is 48.5 Å². The lowest BCUT2D eigenvalue weighted by Gasteiger charge is -2.22. The van der Waals surface area contributed by atoms with Gasteiger partial charge < -0.3 is 14.6 Å². The normalized spacial score (nSPS) is 21.6. The summed E-state index contributed by atoms with van der Waals surface area (Å²) in [5.41, 5.74) is 1.78. The molecule has 0 spiro atoms. The average molecular weight is 294 g/mol. The van der Waals surface area contributed by atoms with E-state index in [9.17, 15) is 5.11 Å². The summed E-state index contributed by atoms with van der Waals surface area (Å²) in [5, 5.41) is 10.9. The number of para-hydroxylation sites is 1. The van der Waals surface area contributed by atoms with E-state index < -0.39 is 11.4 Å². The van der Waals surface area contributed by atoms with Crippen LogP contribution < -0.4 is 4.74 Å². The van der Waals surface area contributed by atoms with Crippen LogP contribution in [0.1, 0.15) is 30.5 Å². The molecule has 2 aromatic carbocycles. The number of benzene rings is 2. The fraction of sp³-hybridized carbons (Fsp3) is 0.263. The van der Waals surface area contributed by atoms with E-state index >= 15 is 0 Å². The van der Waals surface area contributed by atoms with Crippen molar-refractivity contribution in [1.82, 2.24) is 0 Å². The van der Waals surface area contributed by atoms with Gasteiger partial charge in [-0.25, -0.2) is 0 Å². The van der Waals surface area contributed by atoms with E-state index in [-0.39, 0.29) is 0 Å². The van der Waals surface area contributed by atoms with Gasteiger partial charge in [0.05, 0.1) is 18.3 Å². The first-order chi connectivity index (χ1) is 10.5. The third-order valence-corrected chi connectivity index (χ3v) is 3.82. The summed E-state index contributed by atoms with van der Waals surface area (Å²) in [5.74, 6) is 4.90. The highest BCUT2D eigenvalue weighted by molar-refractivity contribution is 5.50. The summed E-state index contributed by atoms with van der Waals surface area (Å²) >= 11 is 0. The molecule has 3 rings (SSSR count). The molecule has 1 aliphatic rings. The minimum Gasteiger partial charge on any atom is -0.495 e. The molecule has 112 valence electrons. The lowest BCUT2D eigenvalue weighted by Crippen LogP contribution is -2.27. The van der Waals surface area contributed by atoms with E-state index in [0.717, 1.165) is 5.56 Å². The lowest BCUT2D eigenvalue weighted by molar-refractivity contribution is -0.210. The van der Waals surface area contributed by atoms with Crippen molar-refractivity contribution < 1.29 is 14.6 Å². The molecule has 1 unspecified atom stereocenters. The highest BCUT2D eigenvalue weighted by Gasteiger charge is 2.47. The van der Waals surface area contributed by atoms with Crippen LogP contribution >= 0.6 is 0 Å². The molecule has 1 atom stereocenters. The number of rotatable bonds is 1. The summed E-state index contributed by atoms with van der Waals surface area (Å²) in [6.07, 6.45) is 0. The van der Waals surface area contributed by atoms with E-state index in [1.165, 1.54) is 0 Å².